The minimum atomic E-state index is -0.980. The van der Waals surface area contributed by atoms with Gasteiger partial charge in [0.1, 0.15) is 5.75 Å². The number of rotatable bonds is 7. The smallest absolute Gasteiger partial charge is 0.311 e. The van der Waals surface area contributed by atoms with Crippen LogP contribution in [0.25, 0.3) is 0 Å². The summed E-state index contributed by atoms with van der Waals surface area (Å²) in [4.78, 5) is 35.3. The number of carbonyl (C=O) groups excluding carboxylic acids is 3. The molecule has 8 heteroatoms. The fraction of sp³-hybridized carbons (Fsp3) is 0.250. The van der Waals surface area contributed by atoms with Gasteiger partial charge in [-0.05, 0) is 42.8 Å². The van der Waals surface area contributed by atoms with Crippen LogP contribution in [-0.4, -0.2) is 31.0 Å². The maximum atomic E-state index is 12.2. The summed E-state index contributed by atoms with van der Waals surface area (Å²) in [6, 6.07) is 11.6. The van der Waals surface area contributed by atoms with Crippen LogP contribution in [0.1, 0.15) is 19.4 Å². The lowest BCUT2D eigenvalue weighted by atomic mass is 10.1. The Labute approximate surface area is 168 Å². The van der Waals surface area contributed by atoms with Gasteiger partial charge < -0.3 is 20.1 Å². The summed E-state index contributed by atoms with van der Waals surface area (Å²) in [5, 5.41) is 5.63. The average Bonchev–Trinajstić information content (AvgIpc) is 2.63. The predicted molar refractivity (Wildman–Crippen MR) is 107 cm³/mol. The van der Waals surface area contributed by atoms with Gasteiger partial charge in [-0.25, -0.2) is 0 Å². The van der Waals surface area contributed by atoms with Crippen molar-refractivity contribution in [1.82, 2.24) is 0 Å². The lowest BCUT2D eigenvalue weighted by molar-refractivity contribution is -0.152. The van der Waals surface area contributed by atoms with Gasteiger partial charge in [0, 0.05) is 18.3 Å². The van der Waals surface area contributed by atoms with Crippen LogP contribution in [0, 0.1) is 0 Å². The van der Waals surface area contributed by atoms with E-state index in [9.17, 15) is 14.4 Å². The third-order valence-electron chi connectivity index (χ3n) is 3.72. The van der Waals surface area contributed by atoms with Crippen LogP contribution in [0.3, 0.4) is 0 Å². The van der Waals surface area contributed by atoms with Gasteiger partial charge >= 0.3 is 5.97 Å². The minimum absolute atomic E-state index is 0.00629. The first kappa shape index (κ1) is 21.2. The van der Waals surface area contributed by atoms with E-state index in [1.807, 2.05) is 0 Å². The summed E-state index contributed by atoms with van der Waals surface area (Å²) in [7, 11) is 1.49. The van der Waals surface area contributed by atoms with E-state index in [-0.39, 0.29) is 12.3 Å². The number of esters is 1. The second-order valence-electron chi connectivity index (χ2n) is 6.03. The Bertz CT molecular complexity index is 867. The van der Waals surface area contributed by atoms with Crippen LogP contribution >= 0.6 is 11.6 Å². The van der Waals surface area contributed by atoms with E-state index in [0.717, 1.165) is 0 Å². The van der Waals surface area contributed by atoms with Gasteiger partial charge in [0.25, 0.3) is 5.91 Å². The molecule has 0 aromatic heterocycles. The Balaban J connectivity index is 1.88. The molecule has 0 heterocycles. The van der Waals surface area contributed by atoms with Crippen molar-refractivity contribution in [1.29, 1.82) is 0 Å². The summed E-state index contributed by atoms with van der Waals surface area (Å²) < 4.78 is 10.2. The quantitative estimate of drug-likeness (QED) is 0.689. The van der Waals surface area contributed by atoms with Crippen molar-refractivity contribution in [2.24, 2.45) is 0 Å². The monoisotopic (exact) mass is 404 g/mol. The average molecular weight is 405 g/mol. The lowest BCUT2D eigenvalue weighted by Crippen LogP contribution is -2.30. The topological polar surface area (TPSA) is 93.7 Å². The van der Waals surface area contributed by atoms with Crippen LogP contribution in [0.2, 0.25) is 5.02 Å². The van der Waals surface area contributed by atoms with Crippen LogP contribution in [0.5, 0.6) is 5.75 Å². The van der Waals surface area contributed by atoms with Crippen LogP contribution in [-0.2, 0) is 25.5 Å². The van der Waals surface area contributed by atoms with E-state index in [1.54, 1.807) is 42.5 Å². The molecule has 0 saturated carbocycles. The highest BCUT2D eigenvalue weighted by molar-refractivity contribution is 6.32. The molecule has 0 fully saturated rings. The molecular formula is C20H21ClN2O5. The molecule has 2 aromatic rings. The molecule has 7 nitrogen and oxygen atoms in total. The highest BCUT2D eigenvalue weighted by atomic mass is 35.5. The summed E-state index contributed by atoms with van der Waals surface area (Å²) in [6.07, 6.45) is -0.973. The Kier molecular flexibility index (Phi) is 7.40. The Morgan fingerprint density at radius 1 is 1.04 bits per heavy atom. The van der Waals surface area contributed by atoms with Crippen LogP contribution in [0.15, 0.2) is 42.5 Å². The molecule has 2 amide bonds. The highest BCUT2D eigenvalue weighted by Gasteiger charge is 2.18. The number of amides is 2. The van der Waals surface area contributed by atoms with Crippen molar-refractivity contribution in [3.05, 3.63) is 53.1 Å². The molecule has 2 N–H and O–H groups in total. The number of nitrogens with one attached hydrogen (secondary N) is 2. The number of anilines is 2. The number of benzene rings is 2. The van der Waals surface area contributed by atoms with E-state index in [0.29, 0.717) is 27.7 Å². The zero-order valence-electron chi connectivity index (χ0n) is 15.7. The second-order valence-corrected chi connectivity index (χ2v) is 6.43. The number of hydrogen-bond donors (Lipinski definition) is 2. The van der Waals surface area contributed by atoms with Crippen molar-refractivity contribution in [3.8, 4) is 5.75 Å². The molecule has 0 aliphatic heterocycles. The van der Waals surface area contributed by atoms with Crippen molar-refractivity contribution in [3.63, 3.8) is 0 Å². The normalized spacial score (nSPS) is 11.3. The van der Waals surface area contributed by atoms with Gasteiger partial charge in [0.05, 0.1) is 18.6 Å². The molecule has 0 bridgehead atoms. The molecule has 0 unspecified atom stereocenters. The largest absolute Gasteiger partial charge is 0.495 e. The first-order valence-electron chi connectivity index (χ1n) is 8.49. The highest BCUT2D eigenvalue weighted by Crippen LogP contribution is 2.27. The maximum Gasteiger partial charge on any atom is 0.311 e. The number of methoxy groups -OCH3 is 1. The molecule has 0 radical (unpaired) electrons. The molecule has 0 saturated heterocycles. The lowest BCUT2D eigenvalue weighted by Gasteiger charge is -2.14. The molecular weight excluding hydrogens is 384 g/mol. The first-order chi connectivity index (χ1) is 13.3. The second kappa shape index (κ2) is 9.75. The fourth-order valence-electron chi connectivity index (χ4n) is 2.36. The molecule has 0 aliphatic carbocycles. The van der Waals surface area contributed by atoms with E-state index < -0.39 is 18.0 Å². The summed E-state index contributed by atoms with van der Waals surface area (Å²) in [5.41, 5.74) is 1.80. The summed E-state index contributed by atoms with van der Waals surface area (Å²) in [6.45, 7) is 2.90. The number of halogens is 1. The van der Waals surface area contributed by atoms with Crippen molar-refractivity contribution in [2.45, 2.75) is 26.4 Å². The van der Waals surface area contributed by atoms with Gasteiger partial charge in [0.15, 0.2) is 6.10 Å². The van der Waals surface area contributed by atoms with Crippen molar-refractivity contribution < 1.29 is 23.9 Å². The molecule has 2 rings (SSSR count). The van der Waals surface area contributed by atoms with Gasteiger partial charge in [-0.3, -0.25) is 14.4 Å². The van der Waals surface area contributed by atoms with Gasteiger partial charge in [-0.2, -0.15) is 0 Å². The Morgan fingerprint density at radius 3 is 2.25 bits per heavy atom. The standard InChI is InChI=1S/C20H21ClN2O5/c1-12(20(26)23-16-8-9-18(27-3)17(21)11-16)28-19(25)10-14-4-6-15(7-5-14)22-13(2)24/h4-9,11-12H,10H2,1-3H3,(H,22,24)(H,23,26)/t12-/m1/s1. The third-order valence-corrected chi connectivity index (χ3v) is 4.01. The molecule has 148 valence electrons. The fourth-order valence-corrected chi connectivity index (χ4v) is 2.61. The van der Waals surface area contributed by atoms with Crippen molar-refractivity contribution >= 4 is 40.8 Å². The SMILES string of the molecule is COc1ccc(NC(=O)[C@@H](C)OC(=O)Cc2ccc(NC(C)=O)cc2)cc1Cl. The Hall–Kier alpha value is -3.06. The number of carbonyl (C=O) groups is 3. The van der Waals surface area contributed by atoms with E-state index in [1.165, 1.54) is 21.0 Å². The molecule has 1 atom stereocenters. The van der Waals surface area contributed by atoms with Gasteiger partial charge in [-0.1, -0.05) is 23.7 Å². The Morgan fingerprint density at radius 2 is 1.68 bits per heavy atom. The maximum absolute atomic E-state index is 12.2. The molecule has 0 aliphatic rings. The van der Waals surface area contributed by atoms with Crippen molar-refractivity contribution in [2.75, 3.05) is 17.7 Å². The number of hydrogen-bond acceptors (Lipinski definition) is 5. The molecule has 28 heavy (non-hydrogen) atoms. The zero-order chi connectivity index (χ0) is 20.7. The van der Waals surface area contributed by atoms with Gasteiger partial charge in [0.2, 0.25) is 5.91 Å². The van der Waals surface area contributed by atoms with E-state index >= 15 is 0 Å². The molecule has 0 spiro atoms. The third kappa shape index (κ3) is 6.28. The van der Waals surface area contributed by atoms with E-state index in [4.69, 9.17) is 21.1 Å². The number of ether oxygens (including phenoxy) is 2. The van der Waals surface area contributed by atoms with Crippen LogP contribution < -0.4 is 15.4 Å². The summed E-state index contributed by atoms with van der Waals surface area (Å²) >= 11 is 6.02. The molecule has 2 aromatic carbocycles. The minimum Gasteiger partial charge on any atom is -0.495 e. The zero-order valence-corrected chi connectivity index (χ0v) is 16.5. The van der Waals surface area contributed by atoms with E-state index in [2.05, 4.69) is 10.6 Å². The predicted octanol–water partition coefficient (Wildman–Crippen LogP) is 3.42. The van der Waals surface area contributed by atoms with Crippen LogP contribution in [0.4, 0.5) is 11.4 Å². The summed E-state index contributed by atoms with van der Waals surface area (Å²) in [5.74, 6) is -0.702. The first-order valence-corrected chi connectivity index (χ1v) is 8.86. The van der Waals surface area contributed by atoms with Gasteiger partial charge in [-0.15, -0.1) is 0 Å².